The topological polar surface area (TPSA) is 49.4 Å². The highest BCUT2D eigenvalue weighted by Crippen LogP contribution is 2.31. The molecule has 3 rings (SSSR count). The maximum absolute atomic E-state index is 14.1. The summed E-state index contributed by atoms with van der Waals surface area (Å²) in [6, 6.07) is 12.8. The van der Waals surface area contributed by atoms with Gasteiger partial charge in [-0.25, -0.2) is 9.18 Å². The molecule has 0 aliphatic carbocycles. The van der Waals surface area contributed by atoms with E-state index >= 15 is 0 Å². The Morgan fingerprint density at radius 1 is 1.17 bits per heavy atom. The Hall–Kier alpha value is -2.21. The number of amides is 3. The van der Waals surface area contributed by atoms with E-state index in [9.17, 15) is 14.0 Å². The van der Waals surface area contributed by atoms with Crippen molar-refractivity contribution in [1.82, 2.24) is 10.2 Å². The molecular formula is C17H14BrFN2O2. The van der Waals surface area contributed by atoms with Gasteiger partial charge in [-0.05, 0) is 30.7 Å². The van der Waals surface area contributed by atoms with Crippen molar-refractivity contribution in [3.05, 3.63) is 69.9 Å². The van der Waals surface area contributed by atoms with Crippen LogP contribution in [0.1, 0.15) is 18.1 Å². The average molecular weight is 377 g/mol. The highest BCUT2D eigenvalue weighted by atomic mass is 79.9. The number of urea groups is 1. The van der Waals surface area contributed by atoms with E-state index < -0.39 is 23.3 Å². The first-order chi connectivity index (χ1) is 10.9. The Morgan fingerprint density at radius 3 is 2.61 bits per heavy atom. The van der Waals surface area contributed by atoms with E-state index in [1.54, 1.807) is 12.1 Å². The molecule has 0 bridgehead atoms. The minimum Gasteiger partial charge on any atom is -0.319 e. The van der Waals surface area contributed by atoms with Crippen LogP contribution < -0.4 is 5.32 Å². The third kappa shape index (κ3) is 2.74. The molecule has 23 heavy (non-hydrogen) atoms. The third-order valence-electron chi connectivity index (χ3n) is 3.92. The second-order valence-electron chi connectivity index (χ2n) is 5.56. The number of hydrogen-bond acceptors (Lipinski definition) is 2. The number of benzene rings is 2. The van der Waals surface area contributed by atoms with E-state index in [-0.39, 0.29) is 12.1 Å². The molecule has 1 saturated heterocycles. The van der Waals surface area contributed by atoms with Gasteiger partial charge < -0.3 is 5.32 Å². The van der Waals surface area contributed by atoms with Gasteiger partial charge in [-0.2, -0.15) is 0 Å². The average Bonchev–Trinajstić information content (AvgIpc) is 2.72. The summed E-state index contributed by atoms with van der Waals surface area (Å²) < 4.78 is 14.9. The quantitative estimate of drug-likeness (QED) is 0.832. The molecule has 0 saturated carbocycles. The van der Waals surface area contributed by atoms with Crippen LogP contribution in [0, 0.1) is 5.82 Å². The van der Waals surface area contributed by atoms with Crippen LogP contribution in [0.25, 0.3) is 0 Å². The van der Waals surface area contributed by atoms with Gasteiger partial charge in [0.25, 0.3) is 5.91 Å². The van der Waals surface area contributed by atoms with E-state index in [1.165, 1.54) is 19.1 Å². The number of halogens is 2. The molecule has 1 fully saturated rings. The SMILES string of the molecule is CC1(c2ccccc2F)NC(=O)N(Cc2cccc(Br)c2)C1=O. The number of hydrogen-bond donors (Lipinski definition) is 1. The van der Waals surface area contributed by atoms with Crippen LogP contribution in [-0.2, 0) is 16.9 Å². The Morgan fingerprint density at radius 2 is 1.91 bits per heavy atom. The zero-order chi connectivity index (χ0) is 16.6. The van der Waals surface area contributed by atoms with Gasteiger partial charge in [0.05, 0.1) is 6.54 Å². The highest BCUT2D eigenvalue weighted by Gasteiger charge is 2.50. The number of carbonyl (C=O) groups is 2. The van der Waals surface area contributed by atoms with Crippen LogP contribution in [0.3, 0.4) is 0 Å². The van der Waals surface area contributed by atoms with E-state index in [4.69, 9.17) is 0 Å². The van der Waals surface area contributed by atoms with Crippen molar-refractivity contribution >= 4 is 27.9 Å². The van der Waals surface area contributed by atoms with Gasteiger partial charge in [0.1, 0.15) is 11.4 Å². The summed E-state index contributed by atoms with van der Waals surface area (Å²) in [6.45, 7) is 1.65. The Labute approximate surface area is 141 Å². The second-order valence-corrected chi connectivity index (χ2v) is 6.47. The summed E-state index contributed by atoms with van der Waals surface area (Å²) in [6.07, 6.45) is 0. The summed E-state index contributed by atoms with van der Waals surface area (Å²) in [4.78, 5) is 26.1. The molecule has 2 aromatic carbocycles. The van der Waals surface area contributed by atoms with E-state index in [0.29, 0.717) is 0 Å². The molecular weight excluding hydrogens is 363 g/mol. The van der Waals surface area contributed by atoms with E-state index in [2.05, 4.69) is 21.2 Å². The van der Waals surface area contributed by atoms with Gasteiger partial charge in [0.15, 0.2) is 0 Å². The lowest BCUT2D eigenvalue weighted by Gasteiger charge is -2.22. The highest BCUT2D eigenvalue weighted by molar-refractivity contribution is 9.10. The van der Waals surface area contributed by atoms with Crippen LogP contribution in [-0.4, -0.2) is 16.8 Å². The molecule has 1 aliphatic heterocycles. The second kappa shape index (κ2) is 5.77. The Balaban J connectivity index is 1.92. The third-order valence-corrected chi connectivity index (χ3v) is 4.41. The lowest BCUT2D eigenvalue weighted by atomic mass is 9.91. The number of rotatable bonds is 3. The van der Waals surface area contributed by atoms with E-state index in [0.717, 1.165) is 14.9 Å². The summed E-state index contributed by atoms with van der Waals surface area (Å²) in [5, 5.41) is 2.61. The molecule has 6 heteroatoms. The van der Waals surface area contributed by atoms with Crippen LogP contribution >= 0.6 is 15.9 Å². The first-order valence-corrected chi connectivity index (χ1v) is 7.84. The van der Waals surface area contributed by atoms with Gasteiger partial charge in [-0.3, -0.25) is 9.69 Å². The molecule has 1 aliphatic rings. The molecule has 118 valence electrons. The molecule has 2 aromatic rings. The molecule has 0 aromatic heterocycles. The molecule has 1 atom stereocenters. The fourth-order valence-electron chi connectivity index (χ4n) is 2.71. The van der Waals surface area contributed by atoms with Crippen LogP contribution in [0.5, 0.6) is 0 Å². The van der Waals surface area contributed by atoms with E-state index in [1.807, 2.05) is 24.3 Å². The summed E-state index contributed by atoms with van der Waals surface area (Å²) >= 11 is 3.36. The molecule has 3 amide bonds. The van der Waals surface area contributed by atoms with Crippen molar-refractivity contribution in [2.75, 3.05) is 0 Å². The molecule has 0 radical (unpaired) electrons. The molecule has 0 spiro atoms. The first kappa shape index (κ1) is 15.7. The van der Waals surface area contributed by atoms with Crippen LogP contribution in [0.15, 0.2) is 53.0 Å². The molecule has 1 unspecified atom stereocenters. The lowest BCUT2D eigenvalue weighted by molar-refractivity contribution is -0.131. The fraction of sp³-hybridized carbons (Fsp3) is 0.176. The Kier molecular flexibility index (Phi) is 3.93. The monoisotopic (exact) mass is 376 g/mol. The van der Waals surface area contributed by atoms with Crippen molar-refractivity contribution in [3.63, 3.8) is 0 Å². The summed E-state index contributed by atoms with van der Waals surface area (Å²) in [5.41, 5.74) is -0.426. The van der Waals surface area contributed by atoms with Gasteiger partial charge in [-0.15, -0.1) is 0 Å². The van der Waals surface area contributed by atoms with Gasteiger partial charge in [-0.1, -0.05) is 46.3 Å². The minimum atomic E-state index is -1.39. The van der Waals surface area contributed by atoms with Crippen molar-refractivity contribution in [2.24, 2.45) is 0 Å². The standard InChI is InChI=1S/C17H14BrFN2O2/c1-17(13-7-2-3-8-14(13)19)15(22)21(16(23)20-17)10-11-5-4-6-12(18)9-11/h2-9H,10H2,1H3,(H,20,23). The van der Waals surface area contributed by atoms with Crippen molar-refractivity contribution < 1.29 is 14.0 Å². The minimum absolute atomic E-state index is 0.133. The normalized spacial score (nSPS) is 20.7. The maximum atomic E-state index is 14.1. The molecule has 4 nitrogen and oxygen atoms in total. The number of carbonyl (C=O) groups excluding carboxylic acids is 2. The van der Waals surface area contributed by atoms with Gasteiger partial charge >= 0.3 is 6.03 Å². The first-order valence-electron chi connectivity index (χ1n) is 7.05. The van der Waals surface area contributed by atoms with Crippen LogP contribution in [0.2, 0.25) is 0 Å². The zero-order valence-corrected chi connectivity index (χ0v) is 13.9. The van der Waals surface area contributed by atoms with Gasteiger partial charge in [0, 0.05) is 10.0 Å². The van der Waals surface area contributed by atoms with Gasteiger partial charge in [0.2, 0.25) is 0 Å². The largest absolute Gasteiger partial charge is 0.325 e. The van der Waals surface area contributed by atoms with Crippen molar-refractivity contribution in [1.29, 1.82) is 0 Å². The maximum Gasteiger partial charge on any atom is 0.325 e. The van der Waals surface area contributed by atoms with Crippen molar-refractivity contribution in [2.45, 2.75) is 19.0 Å². The molecule has 1 N–H and O–H groups in total. The zero-order valence-electron chi connectivity index (χ0n) is 12.3. The van der Waals surface area contributed by atoms with Crippen LogP contribution in [0.4, 0.5) is 9.18 Å². The van der Waals surface area contributed by atoms with Crippen molar-refractivity contribution in [3.8, 4) is 0 Å². The summed E-state index contributed by atoms with van der Waals surface area (Å²) in [5.74, 6) is -0.986. The number of nitrogens with zero attached hydrogens (tertiary/aromatic N) is 1. The predicted octanol–water partition coefficient (Wildman–Crippen LogP) is 3.56. The fourth-order valence-corrected chi connectivity index (χ4v) is 3.15. The number of nitrogens with one attached hydrogen (secondary N) is 1. The lowest BCUT2D eigenvalue weighted by Crippen LogP contribution is -2.41. The Bertz CT molecular complexity index is 796. The smallest absolute Gasteiger partial charge is 0.319 e. The molecule has 1 heterocycles. The number of imide groups is 1. The predicted molar refractivity (Wildman–Crippen MR) is 87.0 cm³/mol. The summed E-state index contributed by atoms with van der Waals surface area (Å²) in [7, 11) is 0.